The molecule has 0 atom stereocenters. The van der Waals surface area contributed by atoms with Crippen LogP contribution in [0, 0.1) is 34.5 Å². The van der Waals surface area contributed by atoms with Gasteiger partial charge in [-0.15, -0.1) is 0 Å². The minimum absolute atomic E-state index is 0.461. The number of nitrogens with one attached hydrogen (secondary N) is 1. The van der Waals surface area contributed by atoms with Crippen molar-refractivity contribution in [1.29, 1.82) is 5.41 Å². The van der Waals surface area contributed by atoms with Gasteiger partial charge in [-0.1, -0.05) is 11.8 Å². The van der Waals surface area contributed by atoms with Crippen molar-refractivity contribution in [3.63, 3.8) is 0 Å². The van der Waals surface area contributed by atoms with Crippen molar-refractivity contribution in [3.05, 3.63) is 34.6 Å². The van der Waals surface area contributed by atoms with E-state index in [1.807, 2.05) is 0 Å². The molecule has 0 heterocycles. The van der Waals surface area contributed by atoms with Crippen LogP contribution >= 0.6 is 11.8 Å². The van der Waals surface area contributed by atoms with Crippen molar-refractivity contribution < 1.29 is 22.0 Å². The van der Waals surface area contributed by atoms with E-state index >= 15 is 0 Å². The lowest BCUT2D eigenvalue weighted by molar-refractivity contribution is 0.372. The molecule has 1 rings (SSSR count). The Morgan fingerprint density at radius 2 is 1.31 bits per heavy atom. The van der Waals surface area contributed by atoms with Gasteiger partial charge in [-0.25, -0.2) is 22.0 Å². The number of thioether (sulfide) groups is 1. The van der Waals surface area contributed by atoms with Crippen molar-refractivity contribution in [3.8, 4) is 0 Å². The van der Waals surface area contributed by atoms with E-state index in [1.54, 1.807) is 0 Å². The topological polar surface area (TPSA) is 49.9 Å². The van der Waals surface area contributed by atoms with E-state index in [0.717, 1.165) is 0 Å². The van der Waals surface area contributed by atoms with E-state index < -0.39 is 45.6 Å². The number of rotatable bonds is 2. The molecule has 3 N–H and O–H groups in total. The van der Waals surface area contributed by atoms with Gasteiger partial charge in [-0.2, -0.15) is 0 Å². The van der Waals surface area contributed by atoms with Gasteiger partial charge in [0.05, 0.1) is 0 Å². The van der Waals surface area contributed by atoms with E-state index in [4.69, 9.17) is 11.1 Å². The molecule has 88 valence electrons. The number of nitrogens with two attached hydrogens (primary N) is 1. The number of benzene rings is 1. The summed E-state index contributed by atoms with van der Waals surface area (Å²) in [4.78, 5) is 0. The fourth-order valence-corrected chi connectivity index (χ4v) is 1.48. The third-order valence-electron chi connectivity index (χ3n) is 1.67. The maximum atomic E-state index is 13.0. The molecule has 2 nitrogen and oxygen atoms in total. The highest BCUT2D eigenvalue weighted by molar-refractivity contribution is 8.13. The van der Waals surface area contributed by atoms with E-state index in [-0.39, 0.29) is 0 Å². The molecular formula is C8H5F5N2S. The Balaban J connectivity index is 3.23. The molecule has 0 bridgehead atoms. The second-order valence-electron chi connectivity index (χ2n) is 2.70. The predicted molar refractivity (Wildman–Crippen MR) is 49.4 cm³/mol. The summed E-state index contributed by atoms with van der Waals surface area (Å²) in [6.45, 7) is 0. The zero-order valence-electron chi connectivity index (χ0n) is 7.58. The van der Waals surface area contributed by atoms with Gasteiger partial charge in [-0.05, 0) is 0 Å². The van der Waals surface area contributed by atoms with Gasteiger partial charge < -0.3 is 5.73 Å². The smallest absolute Gasteiger partial charge is 0.200 e. The Kier molecular flexibility index (Phi) is 3.74. The summed E-state index contributed by atoms with van der Waals surface area (Å²) in [6.07, 6.45) is 0. The van der Waals surface area contributed by atoms with Crippen molar-refractivity contribution in [2.24, 2.45) is 5.73 Å². The zero-order chi connectivity index (χ0) is 12.5. The van der Waals surface area contributed by atoms with Crippen LogP contribution in [0.5, 0.6) is 0 Å². The molecule has 0 aliphatic rings. The molecule has 8 heteroatoms. The van der Waals surface area contributed by atoms with E-state index in [9.17, 15) is 22.0 Å². The van der Waals surface area contributed by atoms with Gasteiger partial charge in [0.25, 0.3) is 0 Å². The van der Waals surface area contributed by atoms with Gasteiger partial charge in [0.1, 0.15) is 0 Å². The predicted octanol–water partition coefficient (Wildman–Crippen LogP) is 2.51. The lowest BCUT2D eigenvalue weighted by atomic mass is 10.2. The molecule has 0 aromatic heterocycles. The Morgan fingerprint density at radius 1 is 0.938 bits per heavy atom. The van der Waals surface area contributed by atoms with Crippen molar-refractivity contribution in [2.45, 2.75) is 5.75 Å². The van der Waals surface area contributed by atoms with E-state index in [1.165, 1.54) is 0 Å². The Hall–Kier alpha value is -1.31. The SMILES string of the molecule is N=C(N)SCc1c(F)c(F)c(F)c(F)c1F. The first-order valence-corrected chi connectivity index (χ1v) is 4.82. The Morgan fingerprint density at radius 3 is 1.69 bits per heavy atom. The van der Waals surface area contributed by atoms with E-state index in [2.05, 4.69) is 0 Å². The molecule has 0 aliphatic heterocycles. The van der Waals surface area contributed by atoms with Gasteiger partial charge in [0.2, 0.25) is 5.82 Å². The molecule has 0 radical (unpaired) electrons. The first-order valence-electron chi connectivity index (χ1n) is 3.83. The molecular weight excluding hydrogens is 251 g/mol. The Labute approximate surface area is 91.1 Å². The highest BCUT2D eigenvalue weighted by Crippen LogP contribution is 2.25. The molecule has 16 heavy (non-hydrogen) atoms. The van der Waals surface area contributed by atoms with Crippen LogP contribution in [0.2, 0.25) is 0 Å². The average Bonchev–Trinajstić information content (AvgIpc) is 2.23. The second kappa shape index (κ2) is 4.69. The summed E-state index contributed by atoms with van der Waals surface area (Å²) in [5.41, 5.74) is 3.90. The summed E-state index contributed by atoms with van der Waals surface area (Å²) in [5, 5.41) is 6.29. The maximum Gasteiger partial charge on any atom is 0.200 e. The quantitative estimate of drug-likeness (QED) is 0.281. The largest absolute Gasteiger partial charge is 0.379 e. The maximum absolute atomic E-state index is 13.0. The van der Waals surface area contributed by atoms with Crippen LogP contribution in [0.1, 0.15) is 5.56 Å². The molecule has 0 unspecified atom stereocenters. The third-order valence-corrected chi connectivity index (χ3v) is 2.42. The minimum Gasteiger partial charge on any atom is -0.379 e. The number of amidine groups is 1. The van der Waals surface area contributed by atoms with E-state index in [0.29, 0.717) is 11.8 Å². The molecule has 0 saturated heterocycles. The monoisotopic (exact) mass is 256 g/mol. The molecule has 0 aliphatic carbocycles. The number of hydrogen-bond acceptors (Lipinski definition) is 2. The molecule has 1 aromatic carbocycles. The van der Waals surface area contributed by atoms with Crippen LogP contribution in [-0.2, 0) is 5.75 Å². The fourth-order valence-electron chi connectivity index (χ4n) is 0.927. The van der Waals surface area contributed by atoms with Gasteiger partial charge in [-0.3, -0.25) is 5.41 Å². The van der Waals surface area contributed by atoms with Gasteiger partial charge in [0.15, 0.2) is 28.4 Å². The van der Waals surface area contributed by atoms with Crippen LogP contribution in [0.3, 0.4) is 0 Å². The highest BCUT2D eigenvalue weighted by atomic mass is 32.2. The minimum atomic E-state index is -2.20. The van der Waals surface area contributed by atoms with Crippen LogP contribution < -0.4 is 5.73 Å². The van der Waals surface area contributed by atoms with Gasteiger partial charge in [0, 0.05) is 11.3 Å². The summed E-state index contributed by atoms with van der Waals surface area (Å²) in [7, 11) is 0. The highest BCUT2D eigenvalue weighted by Gasteiger charge is 2.25. The van der Waals surface area contributed by atoms with Crippen LogP contribution in [0.25, 0.3) is 0 Å². The van der Waals surface area contributed by atoms with Crippen molar-refractivity contribution in [2.75, 3.05) is 0 Å². The lowest BCUT2D eigenvalue weighted by Crippen LogP contribution is -2.09. The molecule has 0 spiro atoms. The molecule has 0 saturated carbocycles. The van der Waals surface area contributed by atoms with Gasteiger partial charge >= 0.3 is 0 Å². The summed E-state index contributed by atoms with van der Waals surface area (Å²) >= 11 is 0.461. The molecule has 0 amide bonds. The lowest BCUT2D eigenvalue weighted by Gasteiger charge is -2.06. The summed E-state index contributed by atoms with van der Waals surface area (Å²) in [5.74, 6) is -10.6. The normalized spacial score (nSPS) is 10.6. The molecule has 0 fully saturated rings. The van der Waals surface area contributed by atoms with Crippen molar-refractivity contribution >= 4 is 16.9 Å². The summed E-state index contributed by atoms with van der Waals surface area (Å²) in [6, 6.07) is 0. The fraction of sp³-hybridized carbons (Fsp3) is 0.125. The van der Waals surface area contributed by atoms with Crippen molar-refractivity contribution in [1.82, 2.24) is 0 Å². The first-order chi connectivity index (χ1) is 7.36. The second-order valence-corrected chi connectivity index (χ2v) is 3.72. The van der Waals surface area contributed by atoms with Crippen LogP contribution in [-0.4, -0.2) is 5.17 Å². The van der Waals surface area contributed by atoms with Crippen LogP contribution in [0.4, 0.5) is 22.0 Å². The first kappa shape index (κ1) is 12.8. The number of halogens is 5. The van der Waals surface area contributed by atoms with Crippen LogP contribution in [0.15, 0.2) is 0 Å². The zero-order valence-corrected chi connectivity index (χ0v) is 8.40. The number of hydrogen-bond donors (Lipinski definition) is 2. The summed E-state index contributed by atoms with van der Waals surface area (Å²) < 4.78 is 64.0. The Bertz CT molecular complexity index is 420. The average molecular weight is 256 g/mol. The standard InChI is InChI=1S/C8H5F5N2S/c9-3-2(1-16-8(14)15)4(10)6(12)7(13)5(3)11/h1H2,(H3,14,15). The molecule has 1 aromatic rings. The third kappa shape index (κ3) is 2.26.